The van der Waals surface area contributed by atoms with Gasteiger partial charge >= 0.3 is 6.61 Å². The summed E-state index contributed by atoms with van der Waals surface area (Å²) in [5.41, 5.74) is -0.363. The number of halogens is 4. The number of pyridine rings is 1. The average Bonchev–Trinajstić information content (AvgIpc) is 3.02. The van der Waals surface area contributed by atoms with Crippen molar-refractivity contribution in [3.63, 3.8) is 0 Å². The first-order valence-electron chi connectivity index (χ1n) is 11.4. The molecule has 2 aromatic carbocycles. The summed E-state index contributed by atoms with van der Waals surface area (Å²) in [4.78, 5) is 16.4. The summed E-state index contributed by atoms with van der Waals surface area (Å²) in [5, 5.41) is 11.3. The van der Waals surface area contributed by atoms with Crippen LogP contribution in [-0.4, -0.2) is 48.2 Å². The molecule has 0 bridgehead atoms. The standard InChI is InChI=1S/C25H18ClF3N4O5S/c26-17-10-15(11-20-23(17)37-7-6-21(27)39(20,35)36)24(34)30-12-16-9-14-8-13(4-5-19(14)33-32-16)18-2-1-3-22(31-18)38-25(28)29/h1-5,8-11,21,25H,6-7,12H2,(H,30,34)/t21-/m1/s1. The molecule has 0 fully saturated rings. The summed E-state index contributed by atoms with van der Waals surface area (Å²) in [7, 11) is -4.39. The number of hydrogen-bond acceptors (Lipinski definition) is 8. The molecule has 3 heterocycles. The van der Waals surface area contributed by atoms with Gasteiger partial charge in [-0.15, -0.1) is 0 Å². The molecule has 0 saturated carbocycles. The van der Waals surface area contributed by atoms with E-state index in [0.717, 1.165) is 6.07 Å². The van der Waals surface area contributed by atoms with Crippen molar-refractivity contribution < 1.29 is 35.9 Å². The molecule has 0 radical (unpaired) electrons. The highest BCUT2D eigenvalue weighted by Crippen LogP contribution is 2.38. The Balaban J connectivity index is 1.36. The summed E-state index contributed by atoms with van der Waals surface area (Å²) in [5.74, 6) is -1.09. The number of alkyl halides is 3. The van der Waals surface area contributed by atoms with Gasteiger partial charge in [-0.05, 0) is 36.4 Å². The van der Waals surface area contributed by atoms with E-state index in [0.29, 0.717) is 27.9 Å². The summed E-state index contributed by atoms with van der Waals surface area (Å²) >= 11 is 6.16. The van der Waals surface area contributed by atoms with Gasteiger partial charge in [-0.2, -0.15) is 19.0 Å². The SMILES string of the molecule is O=C(NCc1cc2cc(-c3cccc(OC(F)F)n3)ccc2nn1)c1cc(Cl)c2c(c1)S(=O)(=O)[C@@H](F)CCO2. The summed E-state index contributed by atoms with van der Waals surface area (Å²) < 4.78 is 74.0. The Labute approximate surface area is 224 Å². The number of benzene rings is 2. The Morgan fingerprint density at radius 3 is 2.77 bits per heavy atom. The van der Waals surface area contributed by atoms with Gasteiger partial charge in [-0.1, -0.05) is 23.7 Å². The van der Waals surface area contributed by atoms with E-state index in [1.54, 1.807) is 30.3 Å². The Morgan fingerprint density at radius 2 is 1.97 bits per heavy atom. The monoisotopic (exact) mass is 578 g/mol. The number of nitrogens with one attached hydrogen (secondary N) is 1. The van der Waals surface area contributed by atoms with Crippen molar-refractivity contribution in [3.8, 4) is 22.9 Å². The lowest BCUT2D eigenvalue weighted by Gasteiger charge is -2.12. The van der Waals surface area contributed by atoms with E-state index in [4.69, 9.17) is 16.3 Å². The first kappa shape index (κ1) is 26.6. The second kappa shape index (κ2) is 10.7. The lowest BCUT2D eigenvalue weighted by molar-refractivity contribution is -0.0527. The molecule has 1 aliphatic rings. The normalized spacial score (nSPS) is 16.3. The minimum absolute atomic E-state index is 0.0777. The van der Waals surface area contributed by atoms with Crippen molar-refractivity contribution in [1.82, 2.24) is 20.5 Å². The quantitative estimate of drug-likeness (QED) is 0.349. The largest absolute Gasteiger partial charge is 0.490 e. The molecular weight excluding hydrogens is 561 g/mol. The van der Waals surface area contributed by atoms with Crippen LogP contribution in [0.1, 0.15) is 22.5 Å². The zero-order valence-electron chi connectivity index (χ0n) is 19.8. The zero-order chi connectivity index (χ0) is 27.7. The van der Waals surface area contributed by atoms with Crippen LogP contribution in [0.15, 0.2) is 59.5 Å². The van der Waals surface area contributed by atoms with Crippen LogP contribution >= 0.6 is 11.6 Å². The van der Waals surface area contributed by atoms with Gasteiger partial charge in [0, 0.05) is 29.0 Å². The van der Waals surface area contributed by atoms with Crippen LogP contribution in [0.4, 0.5) is 13.2 Å². The number of ether oxygens (including phenoxy) is 2. The minimum Gasteiger partial charge on any atom is -0.490 e. The number of nitrogens with zero attached hydrogens (tertiary/aromatic N) is 3. The molecule has 1 N–H and O–H groups in total. The Hall–Kier alpha value is -3.97. The highest BCUT2D eigenvalue weighted by molar-refractivity contribution is 7.92. The number of aromatic nitrogens is 3. The average molecular weight is 579 g/mol. The second-order valence-corrected chi connectivity index (χ2v) is 10.9. The Bertz CT molecular complexity index is 1690. The molecule has 0 saturated heterocycles. The number of carbonyl (C=O) groups is 1. The Kier molecular flexibility index (Phi) is 7.28. The van der Waals surface area contributed by atoms with E-state index in [-0.39, 0.29) is 41.8 Å². The molecule has 0 aliphatic carbocycles. The highest BCUT2D eigenvalue weighted by atomic mass is 35.5. The highest BCUT2D eigenvalue weighted by Gasteiger charge is 2.35. The first-order valence-corrected chi connectivity index (χ1v) is 13.4. The topological polar surface area (TPSA) is 120 Å². The molecule has 1 amide bonds. The third kappa shape index (κ3) is 5.59. The van der Waals surface area contributed by atoms with Gasteiger partial charge in [0.1, 0.15) is 4.90 Å². The number of hydrogen-bond donors (Lipinski definition) is 1. The van der Waals surface area contributed by atoms with Crippen molar-refractivity contribution in [2.75, 3.05) is 6.61 Å². The number of rotatable bonds is 6. The van der Waals surface area contributed by atoms with E-state index in [9.17, 15) is 26.4 Å². The maximum absolute atomic E-state index is 14.2. The fourth-order valence-electron chi connectivity index (χ4n) is 3.94. The van der Waals surface area contributed by atoms with E-state index in [1.807, 2.05) is 0 Å². The van der Waals surface area contributed by atoms with Gasteiger partial charge in [0.25, 0.3) is 5.91 Å². The van der Waals surface area contributed by atoms with Crippen LogP contribution in [0.25, 0.3) is 22.2 Å². The zero-order valence-corrected chi connectivity index (χ0v) is 21.3. The molecule has 202 valence electrons. The molecule has 4 aromatic rings. The van der Waals surface area contributed by atoms with Gasteiger partial charge in [0.15, 0.2) is 5.75 Å². The van der Waals surface area contributed by atoms with E-state index in [1.165, 1.54) is 18.2 Å². The van der Waals surface area contributed by atoms with Gasteiger partial charge < -0.3 is 14.8 Å². The molecule has 0 unspecified atom stereocenters. The van der Waals surface area contributed by atoms with Gasteiger partial charge in [-0.25, -0.2) is 17.8 Å². The molecule has 9 nitrogen and oxygen atoms in total. The predicted octanol–water partition coefficient (Wildman–Crippen LogP) is 4.73. The van der Waals surface area contributed by atoms with Crippen molar-refractivity contribution in [2.45, 2.75) is 30.0 Å². The van der Waals surface area contributed by atoms with Crippen molar-refractivity contribution in [2.24, 2.45) is 0 Å². The Morgan fingerprint density at radius 1 is 1.15 bits per heavy atom. The number of amides is 1. The van der Waals surface area contributed by atoms with Gasteiger partial charge in [0.2, 0.25) is 21.2 Å². The smallest absolute Gasteiger partial charge is 0.388 e. The van der Waals surface area contributed by atoms with Crippen LogP contribution in [0, 0.1) is 0 Å². The molecule has 0 spiro atoms. The second-order valence-electron chi connectivity index (χ2n) is 8.41. The number of carbonyl (C=O) groups excluding carboxylic acids is 1. The van der Waals surface area contributed by atoms with E-state index < -0.39 is 32.8 Å². The summed E-state index contributed by atoms with van der Waals surface area (Å²) in [6.07, 6.45) is -0.359. The van der Waals surface area contributed by atoms with Crippen LogP contribution in [-0.2, 0) is 16.4 Å². The fraction of sp³-hybridized carbons (Fsp3) is 0.200. The van der Waals surface area contributed by atoms with Crippen molar-refractivity contribution in [3.05, 3.63) is 70.9 Å². The minimum atomic E-state index is -4.39. The summed E-state index contributed by atoms with van der Waals surface area (Å²) in [6.45, 7) is -3.25. The lowest BCUT2D eigenvalue weighted by atomic mass is 10.1. The maximum atomic E-state index is 14.2. The molecule has 1 aliphatic heterocycles. The lowest BCUT2D eigenvalue weighted by Crippen LogP contribution is -2.24. The number of sulfone groups is 1. The third-order valence-corrected chi connectivity index (χ3v) is 7.91. The van der Waals surface area contributed by atoms with E-state index >= 15 is 0 Å². The fourth-order valence-corrected chi connectivity index (χ4v) is 5.67. The van der Waals surface area contributed by atoms with Crippen LogP contribution in [0.5, 0.6) is 11.6 Å². The number of fused-ring (bicyclic) bond motifs is 2. The van der Waals surface area contributed by atoms with Gasteiger partial charge in [0.05, 0.1) is 35.1 Å². The predicted molar refractivity (Wildman–Crippen MR) is 134 cm³/mol. The summed E-state index contributed by atoms with van der Waals surface area (Å²) in [6, 6.07) is 13.5. The molecule has 2 aromatic heterocycles. The van der Waals surface area contributed by atoms with Crippen LogP contribution in [0.2, 0.25) is 5.02 Å². The molecule has 14 heteroatoms. The third-order valence-electron chi connectivity index (χ3n) is 5.80. The molecular formula is C25H18ClF3N4O5S. The van der Waals surface area contributed by atoms with Crippen LogP contribution < -0.4 is 14.8 Å². The van der Waals surface area contributed by atoms with Crippen molar-refractivity contribution in [1.29, 1.82) is 0 Å². The first-order chi connectivity index (χ1) is 18.6. The van der Waals surface area contributed by atoms with Crippen molar-refractivity contribution >= 4 is 38.2 Å². The molecule has 5 rings (SSSR count). The maximum Gasteiger partial charge on any atom is 0.388 e. The molecule has 1 atom stereocenters. The van der Waals surface area contributed by atoms with Crippen LogP contribution in [0.3, 0.4) is 0 Å². The van der Waals surface area contributed by atoms with Gasteiger partial charge in [-0.3, -0.25) is 4.79 Å². The van der Waals surface area contributed by atoms with E-state index in [2.05, 4.69) is 25.2 Å². The molecule has 39 heavy (non-hydrogen) atoms.